The molecule has 0 atom stereocenters. The Balaban J connectivity index is 2.40. The number of hydrogen-bond donors (Lipinski definition) is 2. The van der Waals surface area contributed by atoms with Gasteiger partial charge in [-0.25, -0.2) is 17.2 Å². The van der Waals surface area contributed by atoms with Gasteiger partial charge in [0.25, 0.3) is 10.0 Å². The first-order chi connectivity index (χ1) is 9.70. The zero-order valence-corrected chi connectivity index (χ0v) is 12.3. The summed E-state index contributed by atoms with van der Waals surface area (Å²) in [6.45, 7) is 2.97. The highest BCUT2D eigenvalue weighted by Crippen LogP contribution is 2.23. The Hall–Kier alpha value is -2.15. The van der Waals surface area contributed by atoms with Crippen LogP contribution in [0.4, 0.5) is 20.2 Å². The Bertz CT molecular complexity index is 782. The lowest BCUT2D eigenvalue weighted by Crippen LogP contribution is -2.14. The fourth-order valence-corrected chi connectivity index (χ4v) is 2.85. The molecule has 112 valence electrons. The molecule has 0 aliphatic carbocycles. The first-order valence-electron chi connectivity index (χ1n) is 6.05. The number of benzene rings is 2. The average Bonchev–Trinajstić information content (AvgIpc) is 2.39. The lowest BCUT2D eigenvalue weighted by Gasteiger charge is -2.11. The number of nitrogen functional groups attached to an aromatic ring is 1. The second-order valence-corrected chi connectivity index (χ2v) is 6.37. The number of sulfonamides is 1. The van der Waals surface area contributed by atoms with Crippen LogP contribution in [0.25, 0.3) is 0 Å². The van der Waals surface area contributed by atoms with E-state index in [1.165, 1.54) is 32.0 Å². The van der Waals surface area contributed by atoms with Crippen LogP contribution in [-0.4, -0.2) is 8.42 Å². The molecule has 0 spiro atoms. The van der Waals surface area contributed by atoms with Gasteiger partial charge in [0, 0.05) is 16.9 Å². The molecule has 0 saturated heterocycles. The molecular formula is C14H14F2N2O2S. The molecular weight excluding hydrogens is 298 g/mol. The maximum atomic E-state index is 13.6. The fourth-order valence-electron chi connectivity index (χ4n) is 1.75. The number of nitrogens with one attached hydrogen (secondary N) is 1. The number of halogens is 2. The second-order valence-electron chi connectivity index (χ2n) is 4.69. The minimum Gasteiger partial charge on any atom is -0.398 e. The zero-order chi connectivity index (χ0) is 15.8. The van der Waals surface area contributed by atoms with Crippen LogP contribution in [0.1, 0.15) is 11.1 Å². The first kappa shape index (κ1) is 15.2. The fraction of sp³-hybridized carbons (Fsp3) is 0.143. The smallest absolute Gasteiger partial charge is 0.262 e. The Morgan fingerprint density at radius 1 is 1.05 bits per heavy atom. The summed E-state index contributed by atoms with van der Waals surface area (Å²) in [7, 11) is -4.00. The maximum Gasteiger partial charge on any atom is 0.262 e. The van der Waals surface area contributed by atoms with Crippen molar-refractivity contribution < 1.29 is 17.2 Å². The zero-order valence-electron chi connectivity index (χ0n) is 11.4. The van der Waals surface area contributed by atoms with Crippen LogP contribution in [0.2, 0.25) is 0 Å². The molecule has 0 fully saturated rings. The standard InChI is InChI=1S/C14H14F2N2O2S/c1-8-5-10(3-4-12(8)15)18-21(19,20)11-6-13(16)9(2)14(17)7-11/h3-7,18H,17H2,1-2H3. The van der Waals surface area contributed by atoms with Crippen molar-refractivity contribution in [3.05, 3.63) is 53.1 Å². The van der Waals surface area contributed by atoms with Crippen molar-refractivity contribution in [1.82, 2.24) is 0 Å². The summed E-state index contributed by atoms with van der Waals surface area (Å²) in [5, 5.41) is 0. The Kier molecular flexibility index (Phi) is 3.87. The molecule has 4 nitrogen and oxygen atoms in total. The SMILES string of the molecule is Cc1cc(NS(=O)(=O)c2cc(N)c(C)c(F)c2)ccc1F. The summed E-state index contributed by atoms with van der Waals surface area (Å²) in [5.74, 6) is -1.14. The van der Waals surface area contributed by atoms with Crippen molar-refractivity contribution in [2.24, 2.45) is 0 Å². The van der Waals surface area contributed by atoms with Crippen molar-refractivity contribution in [2.75, 3.05) is 10.5 Å². The van der Waals surface area contributed by atoms with Crippen molar-refractivity contribution in [3.8, 4) is 0 Å². The average molecular weight is 312 g/mol. The molecule has 0 aromatic heterocycles. The third kappa shape index (κ3) is 3.13. The molecule has 2 aromatic carbocycles. The van der Waals surface area contributed by atoms with Gasteiger partial charge in [-0.05, 0) is 49.7 Å². The van der Waals surface area contributed by atoms with Crippen molar-refractivity contribution in [1.29, 1.82) is 0 Å². The predicted octanol–water partition coefficient (Wildman–Crippen LogP) is 2.96. The van der Waals surface area contributed by atoms with E-state index in [1.807, 2.05) is 0 Å². The normalized spacial score (nSPS) is 11.4. The van der Waals surface area contributed by atoms with Crippen molar-refractivity contribution >= 4 is 21.4 Å². The number of aryl methyl sites for hydroxylation is 1. The summed E-state index contributed by atoms with van der Waals surface area (Å²) in [5.41, 5.74) is 6.29. The van der Waals surface area contributed by atoms with Crippen molar-refractivity contribution in [3.63, 3.8) is 0 Å². The minimum atomic E-state index is -4.00. The third-order valence-electron chi connectivity index (χ3n) is 3.08. The number of rotatable bonds is 3. The molecule has 0 radical (unpaired) electrons. The number of nitrogens with two attached hydrogens (primary N) is 1. The van der Waals surface area contributed by atoms with E-state index in [1.54, 1.807) is 0 Å². The molecule has 21 heavy (non-hydrogen) atoms. The Morgan fingerprint density at radius 2 is 1.71 bits per heavy atom. The van der Waals surface area contributed by atoms with E-state index in [0.29, 0.717) is 5.56 Å². The van der Waals surface area contributed by atoms with Crippen LogP contribution < -0.4 is 10.5 Å². The molecule has 0 saturated carbocycles. The number of anilines is 2. The Morgan fingerprint density at radius 3 is 2.29 bits per heavy atom. The molecule has 0 bridgehead atoms. The topological polar surface area (TPSA) is 72.2 Å². The van der Waals surface area contributed by atoms with E-state index in [2.05, 4.69) is 4.72 Å². The molecule has 0 amide bonds. The molecule has 0 heterocycles. The molecule has 0 aliphatic rings. The highest BCUT2D eigenvalue weighted by Gasteiger charge is 2.18. The van der Waals surface area contributed by atoms with E-state index < -0.39 is 21.7 Å². The van der Waals surface area contributed by atoms with Gasteiger partial charge >= 0.3 is 0 Å². The van der Waals surface area contributed by atoms with Crippen LogP contribution in [0.3, 0.4) is 0 Å². The van der Waals surface area contributed by atoms with E-state index in [-0.39, 0.29) is 21.8 Å². The largest absolute Gasteiger partial charge is 0.398 e. The molecule has 2 aromatic rings. The summed E-state index contributed by atoms with van der Waals surface area (Å²) in [6, 6.07) is 5.85. The van der Waals surface area contributed by atoms with Gasteiger partial charge in [0.05, 0.1) is 4.90 Å². The van der Waals surface area contributed by atoms with Gasteiger partial charge in [0.1, 0.15) is 11.6 Å². The molecule has 3 N–H and O–H groups in total. The van der Waals surface area contributed by atoms with Gasteiger partial charge in [-0.1, -0.05) is 0 Å². The van der Waals surface area contributed by atoms with E-state index in [4.69, 9.17) is 5.73 Å². The quantitative estimate of drug-likeness (QED) is 0.856. The summed E-state index contributed by atoms with van der Waals surface area (Å²) >= 11 is 0. The van der Waals surface area contributed by atoms with E-state index in [9.17, 15) is 17.2 Å². The molecule has 7 heteroatoms. The lowest BCUT2D eigenvalue weighted by molar-refractivity contribution is 0.593. The van der Waals surface area contributed by atoms with Crippen molar-refractivity contribution in [2.45, 2.75) is 18.7 Å². The minimum absolute atomic E-state index is 0.0469. The van der Waals surface area contributed by atoms with Gasteiger partial charge in [-0.15, -0.1) is 0 Å². The first-order valence-corrected chi connectivity index (χ1v) is 7.53. The molecule has 2 rings (SSSR count). The van der Waals surface area contributed by atoms with E-state index in [0.717, 1.165) is 12.1 Å². The van der Waals surface area contributed by atoms with Crippen LogP contribution in [-0.2, 0) is 10.0 Å². The van der Waals surface area contributed by atoms with Gasteiger partial charge in [-0.3, -0.25) is 4.72 Å². The predicted molar refractivity (Wildman–Crippen MR) is 77.5 cm³/mol. The second kappa shape index (κ2) is 5.33. The highest BCUT2D eigenvalue weighted by atomic mass is 32.2. The number of hydrogen-bond acceptors (Lipinski definition) is 3. The summed E-state index contributed by atoms with van der Waals surface area (Å²) in [6.07, 6.45) is 0. The van der Waals surface area contributed by atoms with Crippen LogP contribution in [0, 0.1) is 25.5 Å². The monoisotopic (exact) mass is 312 g/mol. The van der Waals surface area contributed by atoms with Gasteiger partial charge in [0.2, 0.25) is 0 Å². The van der Waals surface area contributed by atoms with Crippen LogP contribution in [0.5, 0.6) is 0 Å². The summed E-state index contributed by atoms with van der Waals surface area (Å²) in [4.78, 5) is -0.287. The van der Waals surface area contributed by atoms with Gasteiger partial charge < -0.3 is 5.73 Å². The Labute approximate surface area is 121 Å². The van der Waals surface area contributed by atoms with E-state index >= 15 is 0 Å². The maximum absolute atomic E-state index is 13.6. The highest BCUT2D eigenvalue weighted by molar-refractivity contribution is 7.92. The molecule has 0 aliphatic heterocycles. The summed E-state index contributed by atoms with van der Waals surface area (Å²) < 4.78 is 53.4. The molecule has 0 unspecified atom stereocenters. The van der Waals surface area contributed by atoms with Gasteiger partial charge in [0.15, 0.2) is 0 Å². The van der Waals surface area contributed by atoms with Gasteiger partial charge in [-0.2, -0.15) is 0 Å². The van der Waals surface area contributed by atoms with Crippen LogP contribution >= 0.6 is 0 Å². The third-order valence-corrected chi connectivity index (χ3v) is 4.44. The van der Waals surface area contributed by atoms with Crippen LogP contribution in [0.15, 0.2) is 35.2 Å². The lowest BCUT2D eigenvalue weighted by atomic mass is 10.2.